The van der Waals surface area contributed by atoms with Crippen molar-refractivity contribution in [3.05, 3.63) is 84.0 Å². The minimum Gasteiger partial charge on any atom is -0.466 e. The van der Waals surface area contributed by atoms with Crippen LogP contribution in [0.4, 0.5) is 17.6 Å². The van der Waals surface area contributed by atoms with Gasteiger partial charge in [-0.15, -0.1) is 13.2 Å². The third-order valence-electron chi connectivity index (χ3n) is 5.65. The fourth-order valence-corrected chi connectivity index (χ4v) is 3.92. The Balaban J connectivity index is 2.59. The molecule has 9 heteroatoms. The lowest BCUT2D eigenvalue weighted by Gasteiger charge is -2.22. The number of allylic oxidation sites excluding steroid dienone is 1. The van der Waals surface area contributed by atoms with Gasteiger partial charge in [0.2, 0.25) is 5.91 Å². The molecule has 2 aromatic carbocycles. The van der Waals surface area contributed by atoms with Crippen molar-refractivity contribution in [2.75, 3.05) is 6.61 Å². The molecule has 200 valence electrons. The van der Waals surface area contributed by atoms with Crippen molar-refractivity contribution in [3.63, 3.8) is 0 Å². The predicted molar refractivity (Wildman–Crippen MR) is 132 cm³/mol. The zero-order valence-corrected chi connectivity index (χ0v) is 20.7. The fraction of sp³-hybridized carbons (Fsp3) is 0.357. The van der Waals surface area contributed by atoms with E-state index in [0.29, 0.717) is 25.3 Å². The molecule has 2 aromatic rings. The number of unbranched alkanes of at least 4 members (excludes halogenated alkanes) is 2. The minimum atomic E-state index is -1.55. The van der Waals surface area contributed by atoms with Crippen molar-refractivity contribution >= 4 is 11.9 Å². The summed E-state index contributed by atoms with van der Waals surface area (Å²) in [7, 11) is 0. The molecule has 0 heterocycles. The Morgan fingerprint density at radius 2 is 1.78 bits per heavy atom. The summed E-state index contributed by atoms with van der Waals surface area (Å²) >= 11 is 0. The van der Waals surface area contributed by atoms with Gasteiger partial charge >= 0.3 is 5.97 Å². The van der Waals surface area contributed by atoms with Crippen LogP contribution in [0.3, 0.4) is 0 Å². The number of aliphatic hydroxyl groups is 1. The Morgan fingerprint density at radius 3 is 2.43 bits per heavy atom. The second-order valence-corrected chi connectivity index (χ2v) is 8.43. The molecular weight excluding hydrogens is 490 g/mol. The average Bonchev–Trinajstić information content (AvgIpc) is 2.83. The molecule has 0 saturated carbocycles. The molecule has 0 unspecified atom stereocenters. The summed E-state index contributed by atoms with van der Waals surface area (Å²) in [6.07, 6.45) is 3.02. The van der Waals surface area contributed by atoms with Gasteiger partial charge in [-0.25, -0.2) is 17.6 Å². The smallest absolute Gasteiger partial charge is 0.308 e. The first kappa shape index (κ1) is 29.8. The largest absolute Gasteiger partial charge is 0.466 e. The molecule has 2 rings (SSSR count). The van der Waals surface area contributed by atoms with Gasteiger partial charge in [0.05, 0.1) is 19.1 Å². The standard InChI is InChI=1S/C28H31F4NO4/c1-4-7-8-9-11-17-12-19(29)15-21(30)26(17)18-13-20(27(32)22(31)14-18)23(16-25(35)37-6-3)33-28(36)24(34)10-5-2/h4-5,12-15,23-24,34H,1-2,6-11,16H2,3H3,(H,33,36)/t23-,24+/m0/s1. The first-order valence-electron chi connectivity index (χ1n) is 12.0. The summed E-state index contributed by atoms with van der Waals surface area (Å²) in [5.74, 6) is -6.27. The summed E-state index contributed by atoms with van der Waals surface area (Å²) in [4.78, 5) is 24.6. The normalized spacial score (nSPS) is 12.5. The Bertz CT molecular complexity index is 1140. The van der Waals surface area contributed by atoms with Crippen LogP contribution >= 0.6 is 0 Å². The molecular formula is C28H31F4NO4. The monoisotopic (exact) mass is 521 g/mol. The van der Waals surface area contributed by atoms with Gasteiger partial charge in [0.25, 0.3) is 0 Å². The Kier molecular flexibility index (Phi) is 11.5. The quantitative estimate of drug-likeness (QED) is 0.141. The van der Waals surface area contributed by atoms with Gasteiger partial charge in [-0.1, -0.05) is 12.2 Å². The number of nitrogens with one attached hydrogen (secondary N) is 1. The predicted octanol–water partition coefficient (Wildman–Crippen LogP) is 5.86. The van der Waals surface area contributed by atoms with Crippen molar-refractivity contribution in [1.29, 1.82) is 0 Å². The summed E-state index contributed by atoms with van der Waals surface area (Å²) in [6, 6.07) is 2.22. The molecule has 0 aromatic heterocycles. The zero-order chi connectivity index (χ0) is 27.5. The highest BCUT2D eigenvalue weighted by molar-refractivity contribution is 5.82. The van der Waals surface area contributed by atoms with Crippen LogP contribution in [-0.4, -0.2) is 29.7 Å². The molecule has 0 aliphatic heterocycles. The minimum absolute atomic E-state index is 0.00543. The van der Waals surface area contributed by atoms with E-state index < -0.39 is 59.3 Å². The molecule has 2 N–H and O–H groups in total. The molecule has 0 fully saturated rings. The van der Waals surface area contributed by atoms with E-state index in [2.05, 4.69) is 18.5 Å². The maximum atomic E-state index is 15.0. The van der Waals surface area contributed by atoms with E-state index in [1.807, 2.05) is 0 Å². The number of rotatable bonds is 14. The van der Waals surface area contributed by atoms with Crippen LogP contribution in [0.5, 0.6) is 0 Å². The van der Waals surface area contributed by atoms with Gasteiger partial charge < -0.3 is 15.2 Å². The van der Waals surface area contributed by atoms with E-state index >= 15 is 4.39 Å². The maximum absolute atomic E-state index is 15.0. The van der Waals surface area contributed by atoms with Crippen molar-refractivity contribution in [3.8, 4) is 11.1 Å². The third kappa shape index (κ3) is 8.28. The number of hydrogen-bond acceptors (Lipinski definition) is 4. The number of halogens is 4. The SMILES string of the molecule is C=CCCCCc1cc(F)cc(F)c1-c1cc(F)c(F)c([C@H](CC(=O)OCC)NC(=O)[C@H](O)CC=C)c1. The first-order valence-corrected chi connectivity index (χ1v) is 12.0. The lowest BCUT2D eigenvalue weighted by atomic mass is 9.91. The van der Waals surface area contributed by atoms with Gasteiger partial charge in [0.15, 0.2) is 11.6 Å². The van der Waals surface area contributed by atoms with Crippen LogP contribution in [0.15, 0.2) is 49.6 Å². The number of carbonyl (C=O) groups is 2. The Morgan fingerprint density at radius 1 is 1.05 bits per heavy atom. The van der Waals surface area contributed by atoms with Crippen molar-refractivity contribution in [1.82, 2.24) is 5.32 Å². The van der Waals surface area contributed by atoms with Gasteiger partial charge in [0.1, 0.15) is 17.7 Å². The summed E-state index contributed by atoms with van der Waals surface area (Å²) in [5.41, 5.74) is -0.414. The number of esters is 1. The highest BCUT2D eigenvalue weighted by Crippen LogP contribution is 2.34. The van der Waals surface area contributed by atoms with Crippen LogP contribution in [0, 0.1) is 23.3 Å². The van der Waals surface area contributed by atoms with E-state index in [-0.39, 0.29) is 36.1 Å². The van der Waals surface area contributed by atoms with E-state index in [1.54, 1.807) is 13.0 Å². The third-order valence-corrected chi connectivity index (χ3v) is 5.65. The number of amides is 1. The van der Waals surface area contributed by atoms with E-state index in [9.17, 15) is 27.9 Å². The van der Waals surface area contributed by atoms with Crippen molar-refractivity contribution in [2.45, 2.75) is 57.6 Å². The molecule has 0 aliphatic carbocycles. The average molecular weight is 522 g/mol. The molecule has 0 aliphatic rings. The van der Waals surface area contributed by atoms with Crippen LogP contribution in [0.25, 0.3) is 11.1 Å². The van der Waals surface area contributed by atoms with Gasteiger partial charge in [-0.3, -0.25) is 9.59 Å². The molecule has 0 radical (unpaired) electrons. The zero-order valence-electron chi connectivity index (χ0n) is 20.7. The molecule has 0 spiro atoms. The number of benzene rings is 2. The Hall–Kier alpha value is -3.46. The van der Waals surface area contributed by atoms with Gasteiger partial charge in [-0.2, -0.15) is 0 Å². The maximum Gasteiger partial charge on any atom is 0.308 e. The molecule has 0 saturated heterocycles. The number of hydrogen-bond donors (Lipinski definition) is 2. The van der Waals surface area contributed by atoms with Crippen LogP contribution in [0.2, 0.25) is 0 Å². The lowest BCUT2D eigenvalue weighted by molar-refractivity contribution is -0.144. The number of ether oxygens (including phenoxy) is 1. The summed E-state index contributed by atoms with van der Waals surface area (Å²) in [5, 5.41) is 12.3. The van der Waals surface area contributed by atoms with Crippen LogP contribution < -0.4 is 5.32 Å². The second-order valence-electron chi connectivity index (χ2n) is 8.43. The van der Waals surface area contributed by atoms with Crippen molar-refractivity contribution < 1.29 is 37.0 Å². The molecule has 5 nitrogen and oxygen atoms in total. The number of aliphatic hydroxyl groups excluding tert-OH is 1. The highest BCUT2D eigenvalue weighted by atomic mass is 19.2. The summed E-state index contributed by atoms with van der Waals surface area (Å²) in [6.45, 7) is 8.62. The number of aryl methyl sites for hydroxylation is 1. The molecule has 2 atom stereocenters. The van der Waals surface area contributed by atoms with Gasteiger partial charge in [-0.05, 0) is 61.9 Å². The Labute approximate surface area is 213 Å². The second kappa shape index (κ2) is 14.3. The van der Waals surface area contributed by atoms with Crippen LogP contribution in [0.1, 0.15) is 56.2 Å². The van der Waals surface area contributed by atoms with Crippen molar-refractivity contribution in [2.24, 2.45) is 0 Å². The van der Waals surface area contributed by atoms with Gasteiger partial charge in [0, 0.05) is 23.6 Å². The molecule has 37 heavy (non-hydrogen) atoms. The van der Waals surface area contributed by atoms with E-state index in [1.165, 1.54) is 6.08 Å². The topological polar surface area (TPSA) is 75.6 Å². The first-order chi connectivity index (χ1) is 17.6. The number of carbonyl (C=O) groups excluding carboxylic acids is 2. The highest BCUT2D eigenvalue weighted by Gasteiger charge is 2.28. The molecule has 1 amide bonds. The lowest BCUT2D eigenvalue weighted by Crippen LogP contribution is -2.38. The fourth-order valence-electron chi connectivity index (χ4n) is 3.92. The summed E-state index contributed by atoms with van der Waals surface area (Å²) < 4.78 is 63.7. The molecule has 0 bridgehead atoms. The van der Waals surface area contributed by atoms with E-state index in [4.69, 9.17) is 4.74 Å². The van der Waals surface area contributed by atoms with Crippen LogP contribution in [-0.2, 0) is 20.7 Å². The van der Waals surface area contributed by atoms with E-state index in [0.717, 1.165) is 18.2 Å².